The standard InChI is InChI=1S/C11H12BrN3O2/c12-6-1-2-7-8(4-14-10(7)3-6)9(13)5-15-11(16)17/h1-4,9,14-15H,5,13H2,(H,16,17). The van der Waals surface area contributed by atoms with Crippen LogP contribution in [0.2, 0.25) is 0 Å². The first-order valence-electron chi connectivity index (χ1n) is 5.07. The molecule has 0 aliphatic carbocycles. The number of amides is 1. The van der Waals surface area contributed by atoms with Gasteiger partial charge in [-0.05, 0) is 17.7 Å². The van der Waals surface area contributed by atoms with E-state index in [9.17, 15) is 4.79 Å². The largest absolute Gasteiger partial charge is 0.465 e. The fraction of sp³-hybridized carbons (Fsp3) is 0.182. The fourth-order valence-corrected chi connectivity index (χ4v) is 2.10. The maximum Gasteiger partial charge on any atom is 0.404 e. The van der Waals surface area contributed by atoms with E-state index in [1.54, 1.807) is 0 Å². The van der Waals surface area contributed by atoms with Crippen molar-refractivity contribution in [3.63, 3.8) is 0 Å². The lowest BCUT2D eigenvalue weighted by molar-refractivity contribution is 0.193. The van der Waals surface area contributed by atoms with Gasteiger partial charge >= 0.3 is 6.09 Å². The van der Waals surface area contributed by atoms with Crippen LogP contribution >= 0.6 is 15.9 Å². The van der Waals surface area contributed by atoms with E-state index < -0.39 is 6.09 Å². The van der Waals surface area contributed by atoms with E-state index in [0.29, 0.717) is 0 Å². The van der Waals surface area contributed by atoms with Crippen molar-refractivity contribution < 1.29 is 9.90 Å². The first-order valence-corrected chi connectivity index (χ1v) is 5.86. The zero-order chi connectivity index (χ0) is 12.4. The van der Waals surface area contributed by atoms with E-state index >= 15 is 0 Å². The first kappa shape index (κ1) is 11.9. The summed E-state index contributed by atoms with van der Waals surface area (Å²) in [6.07, 6.45) is 0.744. The van der Waals surface area contributed by atoms with Crippen molar-refractivity contribution in [1.29, 1.82) is 0 Å². The lowest BCUT2D eigenvalue weighted by atomic mass is 10.1. The van der Waals surface area contributed by atoms with Crippen LogP contribution in [0, 0.1) is 0 Å². The van der Waals surface area contributed by atoms with E-state index in [1.165, 1.54) is 0 Å². The summed E-state index contributed by atoms with van der Waals surface area (Å²) in [5.74, 6) is 0. The molecule has 0 saturated heterocycles. The highest BCUT2D eigenvalue weighted by Crippen LogP contribution is 2.25. The molecular formula is C11H12BrN3O2. The number of aromatic amines is 1. The van der Waals surface area contributed by atoms with E-state index in [1.807, 2.05) is 24.4 Å². The first-order chi connectivity index (χ1) is 8.08. The van der Waals surface area contributed by atoms with Gasteiger partial charge in [0.2, 0.25) is 0 Å². The quantitative estimate of drug-likeness (QED) is 0.700. The van der Waals surface area contributed by atoms with E-state index in [2.05, 4.69) is 26.2 Å². The molecule has 5 nitrogen and oxygen atoms in total. The van der Waals surface area contributed by atoms with E-state index in [4.69, 9.17) is 10.8 Å². The predicted molar refractivity (Wildman–Crippen MR) is 69.0 cm³/mol. The highest BCUT2D eigenvalue weighted by atomic mass is 79.9. The van der Waals surface area contributed by atoms with Gasteiger partial charge in [-0.1, -0.05) is 22.0 Å². The van der Waals surface area contributed by atoms with Gasteiger partial charge in [0.1, 0.15) is 0 Å². The normalized spacial score (nSPS) is 12.6. The molecule has 0 aliphatic rings. The average molecular weight is 298 g/mol. The highest BCUT2D eigenvalue weighted by Gasteiger charge is 2.12. The van der Waals surface area contributed by atoms with Gasteiger partial charge in [0.15, 0.2) is 0 Å². The summed E-state index contributed by atoms with van der Waals surface area (Å²) in [5, 5.41) is 11.8. The Bertz CT molecular complexity index is 553. The molecule has 0 aliphatic heterocycles. The molecule has 2 aromatic rings. The third-order valence-electron chi connectivity index (χ3n) is 2.55. The van der Waals surface area contributed by atoms with Crippen molar-refractivity contribution in [2.24, 2.45) is 5.73 Å². The fourth-order valence-electron chi connectivity index (χ4n) is 1.73. The van der Waals surface area contributed by atoms with Crippen LogP contribution in [-0.4, -0.2) is 22.7 Å². The minimum atomic E-state index is -1.07. The Labute approximate surface area is 106 Å². The van der Waals surface area contributed by atoms with Gasteiger partial charge in [-0.15, -0.1) is 0 Å². The second kappa shape index (κ2) is 4.77. The molecule has 6 heteroatoms. The lowest BCUT2D eigenvalue weighted by Crippen LogP contribution is -2.30. The maximum absolute atomic E-state index is 10.4. The number of nitrogens with two attached hydrogens (primary N) is 1. The molecular weight excluding hydrogens is 286 g/mol. The van der Waals surface area contributed by atoms with Crippen LogP contribution in [0.15, 0.2) is 28.9 Å². The van der Waals surface area contributed by atoms with Crippen molar-refractivity contribution in [1.82, 2.24) is 10.3 Å². The van der Waals surface area contributed by atoms with Gasteiger partial charge in [0, 0.05) is 34.2 Å². The minimum Gasteiger partial charge on any atom is -0.465 e. The number of halogens is 1. The van der Waals surface area contributed by atoms with Crippen LogP contribution in [0.5, 0.6) is 0 Å². The SMILES string of the molecule is NC(CNC(=O)O)c1c[nH]c2cc(Br)ccc12. The molecule has 0 fully saturated rings. The zero-order valence-electron chi connectivity index (χ0n) is 8.90. The highest BCUT2D eigenvalue weighted by molar-refractivity contribution is 9.10. The Morgan fingerprint density at radius 1 is 1.59 bits per heavy atom. The minimum absolute atomic E-state index is 0.193. The number of hydrogen-bond donors (Lipinski definition) is 4. The number of aromatic nitrogens is 1. The molecule has 1 aromatic heterocycles. The Kier molecular flexibility index (Phi) is 3.35. The van der Waals surface area contributed by atoms with Crippen molar-refractivity contribution in [3.05, 3.63) is 34.4 Å². The summed E-state index contributed by atoms with van der Waals surface area (Å²) >= 11 is 3.39. The van der Waals surface area contributed by atoms with Crippen molar-refractivity contribution >= 4 is 32.9 Å². The molecule has 0 saturated carbocycles. The number of benzene rings is 1. The summed E-state index contributed by atoms with van der Waals surface area (Å²) < 4.78 is 0.982. The summed E-state index contributed by atoms with van der Waals surface area (Å²) in [6.45, 7) is 0.193. The van der Waals surface area contributed by atoms with Gasteiger partial charge in [-0.3, -0.25) is 0 Å². The van der Waals surface area contributed by atoms with E-state index in [0.717, 1.165) is 20.9 Å². The van der Waals surface area contributed by atoms with Crippen molar-refractivity contribution in [3.8, 4) is 0 Å². The maximum atomic E-state index is 10.4. The monoisotopic (exact) mass is 297 g/mol. The van der Waals surface area contributed by atoms with Crippen molar-refractivity contribution in [2.75, 3.05) is 6.54 Å². The number of carboxylic acid groups (broad SMARTS) is 1. The smallest absolute Gasteiger partial charge is 0.404 e. The molecule has 1 amide bonds. The molecule has 1 unspecified atom stereocenters. The summed E-state index contributed by atoms with van der Waals surface area (Å²) in [6, 6.07) is 5.47. The average Bonchev–Trinajstić information content (AvgIpc) is 2.68. The third-order valence-corrected chi connectivity index (χ3v) is 3.04. The molecule has 1 heterocycles. The molecule has 0 radical (unpaired) electrons. The number of H-pyrrole nitrogens is 1. The van der Waals surface area contributed by atoms with Crippen molar-refractivity contribution in [2.45, 2.75) is 6.04 Å². The Morgan fingerprint density at radius 2 is 2.35 bits per heavy atom. The van der Waals surface area contributed by atoms with Gasteiger partial charge in [0.05, 0.1) is 0 Å². The summed E-state index contributed by atoms with van der Waals surface area (Å²) in [7, 11) is 0. The molecule has 0 spiro atoms. The summed E-state index contributed by atoms with van der Waals surface area (Å²) in [4.78, 5) is 13.5. The molecule has 1 atom stereocenters. The molecule has 2 rings (SSSR count). The molecule has 5 N–H and O–H groups in total. The summed E-state index contributed by atoms with van der Waals surface area (Å²) in [5.41, 5.74) is 7.81. The molecule has 90 valence electrons. The third kappa shape index (κ3) is 2.59. The Hall–Kier alpha value is -1.53. The molecule has 0 bridgehead atoms. The number of carbonyl (C=O) groups is 1. The van der Waals surface area contributed by atoms with Crippen LogP contribution in [0.25, 0.3) is 10.9 Å². The van der Waals surface area contributed by atoms with Crippen LogP contribution < -0.4 is 11.1 Å². The second-order valence-electron chi connectivity index (χ2n) is 3.73. The van der Waals surface area contributed by atoms with Gasteiger partial charge in [0.25, 0.3) is 0 Å². The topological polar surface area (TPSA) is 91.1 Å². The lowest BCUT2D eigenvalue weighted by Gasteiger charge is -2.10. The predicted octanol–water partition coefficient (Wildman–Crippen LogP) is 2.20. The molecule has 1 aromatic carbocycles. The zero-order valence-corrected chi connectivity index (χ0v) is 10.5. The Balaban J connectivity index is 2.26. The van der Waals surface area contributed by atoms with Gasteiger partial charge < -0.3 is 21.1 Å². The number of nitrogens with one attached hydrogen (secondary N) is 2. The van der Waals surface area contributed by atoms with E-state index in [-0.39, 0.29) is 12.6 Å². The number of fused-ring (bicyclic) bond motifs is 1. The van der Waals surface area contributed by atoms with Crippen LogP contribution in [0.4, 0.5) is 4.79 Å². The van der Waals surface area contributed by atoms with Crippen LogP contribution in [0.1, 0.15) is 11.6 Å². The van der Waals surface area contributed by atoms with Gasteiger partial charge in [-0.25, -0.2) is 4.79 Å². The number of rotatable bonds is 3. The Morgan fingerprint density at radius 3 is 3.06 bits per heavy atom. The molecule has 17 heavy (non-hydrogen) atoms. The van der Waals surface area contributed by atoms with Crippen LogP contribution in [-0.2, 0) is 0 Å². The second-order valence-corrected chi connectivity index (χ2v) is 4.64. The van der Waals surface area contributed by atoms with Crippen LogP contribution in [0.3, 0.4) is 0 Å². The van der Waals surface area contributed by atoms with Gasteiger partial charge in [-0.2, -0.15) is 0 Å². The number of hydrogen-bond acceptors (Lipinski definition) is 2.